The van der Waals surface area contributed by atoms with Gasteiger partial charge in [-0.2, -0.15) is 9.61 Å². The molecule has 0 aliphatic carbocycles. The van der Waals surface area contributed by atoms with Crippen molar-refractivity contribution in [3.05, 3.63) is 59.7 Å². The van der Waals surface area contributed by atoms with Crippen molar-refractivity contribution in [1.29, 1.82) is 0 Å². The van der Waals surface area contributed by atoms with Gasteiger partial charge in [-0.15, -0.1) is 11.3 Å². The van der Waals surface area contributed by atoms with E-state index in [9.17, 15) is 9.90 Å². The molecule has 0 aliphatic heterocycles. The minimum atomic E-state index is -0.626. The fraction of sp³-hybridized carbons (Fsp3) is 0.105. The molecule has 7 heteroatoms. The Labute approximate surface area is 153 Å². The molecule has 1 aromatic carbocycles. The second kappa shape index (κ2) is 6.61. The smallest absolute Gasteiger partial charge is 0.345 e. The molecule has 0 amide bonds. The Hall–Kier alpha value is -3.19. The van der Waals surface area contributed by atoms with Gasteiger partial charge in [0.1, 0.15) is 5.56 Å². The van der Waals surface area contributed by atoms with E-state index in [1.807, 2.05) is 18.2 Å². The monoisotopic (exact) mass is 365 g/mol. The van der Waals surface area contributed by atoms with Gasteiger partial charge in [0.05, 0.1) is 18.4 Å². The molecule has 0 bridgehead atoms. The number of thiophene rings is 1. The number of nitrogens with zero attached hydrogens (tertiary/aromatic N) is 3. The number of rotatable bonds is 4. The zero-order valence-electron chi connectivity index (χ0n) is 13.9. The van der Waals surface area contributed by atoms with Crippen LogP contribution in [0.3, 0.4) is 0 Å². The van der Waals surface area contributed by atoms with Crippen LogP contribution in [0, 0.1) is 0 Å². The third-order valence-corrected chi connectivity index (χ3v) is 4.93. The highest BCUT2D eigenvalue weighted by molar-refractivity contribution is 7.14. The highest BCUT2D eigenvalue weighted by Gasteiger charge is 2.20. The predicted octanol–water partition coefficient (Wildman–Crippen LogP) is 4.01. The van der Waals surface area contributed by atoms with E-state index < -0.39 is 5.97 Å². The number of carbonyl (C=O) groups is 1. The van der Waals surface area contributed by atoms with Crippen LogP contribution in [-0.4, -0.2) is 32.3 Å². The third-order valence-electron chi connectivity index (χ3n) is 3.97. The summed E-state index contributed by atoms with van der Waals surface area (Å²) in [5.74, 6) is -0.904. The number of fused-ring (bicyclic) bond motifs is 1. The Kier molecular flexibility index (Phi) is 4.14. The van der Waals surface area contributed by atoms with Gasteiger partial charge in [-0.25, -0.2) is 9.78 Å². The lowest BCUT2D eigenvalue weighted by Gasteiger charge is -2.05. The molecule has 3 heterocycles. The second-order valence-electron chi connectivity index (χ2n) is 5.58. The molecule has 4 aromatic rings. The molecule has 26 heavy (non-hydrogen) atoms. The van der Waals surface area contributed by atoms with Gasteiger partial charge >= 0.3 is 5.97 Å². The van der Waals surface area contributed by atoms with Crippen molar-refractivity contribution in [2.24, 2.45) is 0 Å². The number of aromatic nitrogens is 3. The van der Waals surface area contributed by atoms with Crippen molar-refractivity contribution in [2.75, 3.05) is 6.61 Å². The van der Waals surface area contributed by atoms with Crippen molar-refractivity contribution in [3.8, 4) is 27.4 Å². The van der Waals surface area contributed by atoms with Gasteiger partial charge in [-0.05, 0) is 29.5 Å². The lowest BCUT2D eigenvalue weighted by molar-refractivity contribution is 0.0521. The molecule has 6 nitrogen and oxygen atoms in total. The van der Waals surface area contributed by atoms with Crippen LogP contribution in [0.4, 0.5) is 0 Å². The van der Waals surface area contributed by atoms with Gasteiger partial charge in [0.15, 0.2) is 5.65 Å². The van der Waals surface area contributed by atoms with Crippen LogP contribution in [0.2, 0.25) is 0 Å². The number of esters is 1. The fourth-order valence-corrected chi connectivity index (χ4v) is 3.63. The highest BCUT2D eigenvalue weighted by atomic mass is 32.1. The van der Waals surface area contributed by atoms with Crippen molar-refractivity contribution < 1.29 is 14.6 Å². The number of aromatic hydroxyl groups is 1. The highest BCUT2D eigenvalue weighted by Crippen LogP contribution is 2.35. The van der Waals surface area contributed by atoms with Crippen molar-refractivity contribution >= 4 is 23.0 Å². The van der Waals surface area contributed by atoms with Gasteiger partial charge in [0.25, 0.3) is 0 Å². The Balaban J connectivity index is 1.76. The molecule has 3 aromatic heterocycles. The summed E-state index contributed by atoms with van der Waals surface area (Å²) in [6.45, 7) is 1.92. The Morgan fingerprint density at radius 3 is 2.81 bits per heavy atom. The van der Waals surface area contributed by atoms with E-state index in [1.54, 1.807) is 24.5 Å². The number of benzene rings is 1. The number of hydrogen-bond donors (Lipinski definition) is 1. The summed E-state index contributed by atoms with van der Waals surface area (Å²) in [5.41, 5.74) is 3.51. The number of hydrogen-bond acceptors (Lipinski definition) is 6. The molecule has 0 atom stereocenters. The van der Waals surface area contributed by atoms with Crippen molar-refractivity contribution in [2.45, 2.75) is 6.92 Å². The first-order valence-corrected chi connectivity index (χ1v) is 8.94. The predicted molar refractivity (Wildman–Crippen MR) is 99.4 cm³/mol. The van der Waals surface area contributed by atoms with Crippen LogP contribution in [0.5, 0.6) is 5.88 Å². The van der Waals surface area contributed by atoms with Crippen LogP contribution in [0.15, 0.2) is 54.2 Å². The van der Waals surface area contributed by atoms with Crippen LogP contribution < -0.4 is 0 Å². The fourth-order valence-electron chi connectivity index (χ4n) is 2.70. The zero-order valence-corrected chi connectivity index (χ0v) is 14.7. The topological polar surface area (TPSA) is 76.7 Å². The molecule has 0 saturated heterocycles. The second-order valence-corrected chi connectivity index (χ2v) is 6.49. The molecule has 0 saturated carbocycles. The third kappa shape index (κ3) is 2.72. The molecule has 0 fully saturated rings. The minimum absolute atomic E-state index is 0.00912. The van der Waals surface area contributed by atoms with Crippen molar-refractivity contribution in [1.82, 2.24) is 14.6 Å². The molecule has 1 N–H and O–H groups in total. The first kappa shape index (κ1) is 16.3. The molecule has 0 spiro atoms. The maximum atomic E-state index is 11.9. The van der Waals surface area contributed by atoms with Crippen LogP contribution in [0.1, 0.15) is 17.3 Å². The van der Waals surface area contributed by atoms with E-state index in [4.69, 9.17) is 4.74 Å². The summed E-state index contributed by atoms with van der Waals surface area (Å²) in [6, 6.07) is 12.1. The summed E-state index contributed by atoms with van der Waals surface area (Å²) < 4.78 is 6.18. The maximum Gasteiger partial charge on any atom is 0.345 e. The van der Waals surface area contributed by atoms with Gasteiger partial charge in [0, 0.05) is 11.1 Å². The minimum Gasteiger partial charge on any atom is -0.493 e. The Bertz CT molecular complexity index is 1090. The molecule has 0 unspecified atom stereocenters. The summed E-state index contributed by atoms with van der Waals surface area (Å²) >= 11 is 1.57. The maximum absolute atomic E-state index is 11.9. The Morgan fingerprint density at radius 2 is 2.04 bits per heavy atom. The summed E-state index contributed by atoms with van der Waals surface area (Å²) in [5, 5.41) is 16.6. The van der Waals surface area contributed by atoms with E-state index in [0.717, 1.165) is 21.6 Å². The molecular formula is C19H15N3O3S. The van der Waals surface area contributed by atoms with Gasteiger partial charge in [-0.1, -0.05) is 30.3 Å². The molecule has 0 aliphatic rings. The average Bonchev–Trinajstić information content (AvgIpc) is 3.30. The molecule has 130 valence electrons. The SMILES string of the molecule is CCOC(=O)c1cnc2c(-c3cc(-c4ccccc4)cs3)cnn2c1O. The normalized spacial score (nSPS) is 11.0. The average molecular weight is 365 g/mol. The molecule has 0 radical (unpaired) electrons. The zero-order chi connectivity index (χ0) is 18.1. The van der Waals surface area contributed by atoms with Gasteiger partial charge in [0.2, 0.25) is 5.88 Å². The first-order valence-electron chi connectivity index (χ1n) is 8.06. The lowest BCUT2D eigenvalue weighted by Crippen LogP contribution is -2.08. The van der Waals surface area contributed by atoms with E-state index in [-0.39, 0.29) is 18.1 Å². The standard InChI is InChI=1S/C19H15N3O3S/c1-2-25-19(24)15-9-20-17-14(10-21-22(17)18(15)23)16-8-13(11-26-16)12-6-4-3-5-7-12/h3-11,23H,2H2,1H3. The van der Waals surface area contributed by atoms with E-state index >= 15 is 0 Å². The Morgan fingerprint density at radius 1 is 1.23 bits per heavy atom. The van der Waals surface area contributed by atoms with Crippen molar-refractivity contribution in [3.63, 3.8) is 0 Å². The van der Waals surface area contributed by atoms with Crippen LogP contribution >= 0.6 is 11.3 Å². The van der Waals surface area contributed by atoms with E-state index in [2.05, 4.69) is 33.7 Å². The number of carbonyl (C=O) groups excluding carboxylic acids is 1. The van der Waals surface area contributed by atoms with E-state index in [0.29, 0.717) is 5.65 Å². The van der Waals surface area contributed by atoms with E-state index in [1.165, 1.54) is 10.7 Å². The summed E-state index contributed by atoms with van der Waals surface area (Å²) in [4.78, 5) is 17.2. The summed E-state index contributed by atoms with van der Waals surface area (Å²) in [7, 11) is 0. The molecule has 4 rings (SSSR count). The quantitative estimate of drug-likeness (QED) is 0.553. The summed E-state index contributed by atoms with van der Waals surface area (Å²) in [6.07, 6.45) is 2.96. The lowest BCUT2D eigenvalue weighted by atomic mass is 10.1. The van der Waals surface area contributed by atoms with Gasteiger partial charge in [-0.3, -0.25) is 0 Å². The first-order chi connectivity index (χ1) is 12.7. The van der Waals surface area contributed by atoms with Crippen LogP contribution in [0.25, 0.3) is 27.2 Å². The van der Waals surface area contributed by atoms with Crippen LogP contribution in [-0.2, 0) is 4.74 Å². The number of ether oxygens (including phenoxy) is 1. The van der Waals surface area contributed by atoms with Gasteiger partial charge < -0.3 is 9.84 Å². The molecular weight excluding hydrogens is 350 g/mol. The largest absolute Gasteiger partial charge is 0.493 e.